The van der Waals surface area contributed by atoms with Gasteiger partial charge in [0.25, 0.3) is 0 Å². The van der Waals surface area contributed by atoms with E-state index in [2.05, 4.69) is 0 Å². The van der Waals surface area contributed by atoms with Crippen molar-refractivity contribution >= 4 is 17.7 Å². The van der Waals surface area contributed by atoms with Gasteiger partial charge < -0.3 is 14.7 Å². The van der Waals surface area contributed by atoms with Gasteiger partial charge in [0.05, 0.1) is 19.0 Å². The van der Waals surface area contributed by atoms with Crippen LogP contribution in [0.3, 0.4) is 0 Å². The molecule has 1 amide bonds. The molecule has 7 heteroatoms. The summed E-state index contributed by atoms with van der Waals surface area (Å²) in [5, 5.41) is 8.90. The Labute approximate surface area is 120 Å². The summed E-state index contributed by atoms with van der Waals surface area (Å²) in [6.07, 6.45) is 0. The normalized spacial score (nSPS) is 10.6. The number of hydrogen-bond acceptors (Lipinski definition) is 4. The Hall–Kier alpha value is -1.18. The van der Waals surface area contributed by atoms with Gasteiger partial charge in [0.15, 0.2) is 11.6 Å². The van der Waals surface area contributed by atoms with Crippen molar-refractivity contribution in [3.8, 4) is 0 Å². The molecule has 0 saturated carbocycles. The van der Waals surface area contributed by atoms with E-state index in [9.17, 15) is 13.6 Å². The first kappa shape index (κ1) is 16.9. The van der Waals surface area contributed by atoms with Crippen LogP contribution in [0.2, 0.25) is 0 Å². The Kier molecular flexibility index (Phi) is 7.50. The number of nitrogens with zero attached hydrogens (tertiary/aromatic N) is 1. The topological polar surface area (TPSA) is 49.8 Å². The van der Waals surface area contributed by atoms with Crippen LogP contribution in [0.15, 0.2) is 23.1 Å². The lowest BCUT2D eigenvalue weighted by Crippen LogP contribution is -2.37. The molecule has 1 aromatic rings. The fraction of sp³-hybridized carbons (Fsp3) is 0.462. The largest absolute Gasteiger partial charge is 0.395 e. The second-order valence-electron chi connectivity index (χ2n) is 3.96. The molecule has 0 aliphatic heterocycles. The van der Waals surface area contributed by atoms with E-state index in [0.717, 1.165) is 23.9 Å². The van der Waals surface area contributed by atoms with E-state index in [1.807, 2.05) is 0 Å². The minimum absolute atomic E-state index is 0.0921. The number of rotatable bonds is 8. The van der Waals surface area contributed by atoms with E-state index < -0.39 is 11.6 Å². The highest BCUT2D eigenvalue weighted by Crippen LogP contribution is 2.20. The fourth-order valence-corrected chi connectivity index (χ4v) is 2.31. The number of methoxy groups -OCH3 is 1. The van der Waals surface area contributed by atoms with Crippen molar-refractivity contribution in [3.05, 3.63) is 29.8 Å². The number of carbonyl (C=O) groups excluding carboxylic acids is 1. The highest BCUT2D eigenvalue weighted by molar-refractivity contribution is 8.00. The average Bonchev–Trinajstić information content (AvgIpc) is 2.44. The number of hydrogen-bond donors (Lipinski definition) is 1. The number of benzene rings is 1. The third kappa shape index (κ3) is 5.44. The molecule has 0 spiro atoms. The van der Waals surface area contributed by atoms with Crippen LogP contribution >= 0.6 is 11.8 Å². The summed E-state index contributed by atoms with van der Waals surface area (Å²) in [5.74, 6) is -1.95. The van der Waals surface area contributed by atoms with Crippen LogP contribution < -0.4 is 0 Å². The van der Waals surface area contributed by atoms with Crippen LogP contribution in [0.5, 0.6) is 0 Å². The van der Waals surface area contributed by atoms with Crippen LogP contribution in [0.4, 0.5) is 8.78 Å². The van der Waals surface area contributed by atoms with Crippen LogP contribution in [-0.2, 0) is 9.53 Å². The molecular weight excluding hydrogens is 288 g/mol. The Morgan fingerprint density at radius 2 is 2.10 bits per heavy atom. The molecule has 0 fully saturated rings. The Morgan fingerprint density at radius 3 is 2.70 bits per heavy atom. The minimum Gasteiger partial charge on any atom is -0.395 e. The van der Waals surface area contributed by atoms with E-state index in [-0.39, 0.29) is 24.8 Å². The number of halogens is 2. The van der Waals surface area contributed by atoms with Gasteiger partial charge in [-0.15, -0.1) is 11.8 Å². The lowest BCUT2D eigenvalue weighted by atomic mass is 10.3. The fourth-order valence-electron chi connectivity index (χ4n) is 1.49. The van der Waals surface area contributed by atoms with E-state index in [0.29, 0.717) is 18.0 Å². The highest BCUT2D eigenvalue weighted by Gasteiger charge is 2.13. The molecule has 0 bridgehead atoms. The van der Waals surface area contributed by atoms with E-state index in [4.69, 9.17) is 9.84 Å². The summed E-state index contributed by atoms with van der Waals surface area (Å²) in [4.78, 5) is 13.9. The third-order valence-corrected chi connectivity index (χ3v) is 3.52. The maximum Gasteiger partial charge on any atom is 0.233 e. The van der Waals surface area contributed by atoms with E-state index in [1.54, 1.807) is 0 Å². The van der Waals surface area contributed by atoms with Gasteiger partial charge in [-0.2, -0.15) is 0 Å². The van der Waals surface area contributed by atoms with Crippen molar-refractivity contribution in [2.24, 2.45) is 0 Å². The maximum atomic E-state index is 13.0. The van der Waals surface area contributed by atoms with Gasteiger partial charge in [-0.05, 0) is 18.2 Å². The molecule has 1 rings (SSSR count). The number of aliphatic hydroxyl groups is 1. The molecule has 0 unspecified atom stereocenters. The first-order valence-corrected chi connectivity index (χ1v) is 7.02. The van der Waals surface area contributed by atoms with E-state index in [1.165, 1.54) is 18.1 Å². The van der Waals surface area contributed by atoms with Crippen LogP contribution in [-0.4, -0.2) is 55.1 Å². The zero-order valence-electron chi connectivity index (χ0n) is 11.1. The molecule has 0 radical (unpaired) electrons. The van der Waals surface area contributed by atoms with Crippen molar-refractivity contribution in [1.82, 2.24) is 4.90 Å². The number of amides is 1. The predicted molar refractivity (Wildman–Crippen MR) is 72.6 cm³/mol. The molecular formula is C13H17F2NO3S. The summed E-state index contributed by atoms with van der Waals surface area (Å²) in [6.45, 7) is 0.849. The van der Waals surface area contributed by atoms with Crippen LogP contribution in [0, 0.1) is 11.6 Å². The van der Waals surface area contributed by atoms with Crippen LogP contribution in [0.25, 0.3) is 0 Å². The number of carbonyl (C=O) groups is 1. The summed E-state index contributed by atoms with van der Waals surface area (Å²) in [5.41, 5.74) is 0. The first-order chi connectivity index (χ1) is 9.58. The molecule has 4 nitrogen and oxygen atoms in total. The van der Waals surface area contributed by atoms with Gasteiger partial charge in [0, 0.05) is 25.1 Å². The van der Waals surface area contributed by atoms with Gasteiger partial charge in [-0.25, -0.2) is 8.78 Å². The third-order valence-electron chi connectivity index (χ3n) is 2.54. The molecule has 20 heavy (non-hydrogen) atoms. The smallest absolute Gasteiger partial charge is 0.233 e. The highest BCUT2D eigenvalue weighted by atomic mass is 32.2. The van der Waals surface area contributed by atoms with Crippen molar-refractivity contribution in [2.45, 2.75) is 4.90 Å². The van der Waals surface area contributed by atoms with Gasteiger partial charge in [0.2, 0.25) is 5.91 Å². The molecule has 0 aromatic heterocycles. The van der Waals surface area contributed by atoms with Crippen LogP contribution in [0.1, 0.15) is 0 Å². The monoisotopic (exact) mass is 305 g/mol. The molecule has 1 aromatic carbocycles. The molecule has 1 N–H and O–H groups in total. The zero-order valence-corrected chi connectivity index (χ0v) is 12.0. The molecule has 0 aliphatic rings. The predicted octanol–water partition coefficient (Wildman–Crippen LogP) is 1.52. The summed E-state index contributed by atoms with van der Waals surface area (Å²) >= 11 is 1.12. The van der Waals surface area contributed by atoms with Gasteiger partial charge in [-0.1, -0.05) is 0 Å². The first-order valence-electron chi connectivity index (χ1n) is 6.04. The maximum absolute atomic E-state index is 13.0. The van der Waals surface area contributed by atoms with Gasteiger partial charge >= 0.3 is 0 Å². The molecule has 0 aliphatic carbocycles. The molecule has 112 valence electrons. The van der Waals surface area contributed by atoms with E-state index >= 15 is 0 Å². The minimum atomic E-state index is -0.936. The standard InChI is InChI=1S/C13H17F2NO3S/c1-19-7-5-16(4-6-17)13(18)9-20-10-2-3-11(14)12(15)8-10/h2-3,8,17H,4-7,9H2,1H3. The lowest BCUT2D eigenvalue weighted by Gasteiger charge is -2.21. The number of thioether (sulfide) groups is 1. The summed E-state index contributed by atoms with van der Waals surface area (Å²) in [7, 11) is 1.53. The average molecular weight is 305 g/mol. The second kappa shape index (κ2) is 8.89. The lowest BCUT2D eigenvalue weighted by molar-refractivity contribution is -0.129. The van der Waals surface area contributed by atoms with Crippen molar-refractivity contribution < 1.29 is 23.4 Å². The van der Waals surface area contributed by atoms with Gasteiger partial charge in [0.1, 0.15) is 0 Å². The Balaban J connectivity index is 2.52. The number of aliphatic hydroxyl groups excluding tert-OH is 1. The number of ether oxygens (including phenoxy) is 1. The molecule has 0 heterocycles. The zero-order chi connectivity index (χ0) is 15.0. The Morgan fingerprint density at radius 1 is 1.35 bits per heavy atom. The van der Waals surface area contributed by atoms with Crippen molar-refractivity contribution in [1.29, 1.82) is 0 Å². The quantitative estimate of drug-likeness (QED) is 0.740. The second-order valence-corrected chi connectivity index (χ2v) is 5.01. The van der Waals surface area contributed by atoms with Crippen molar-refractivity contribution in [2.75, 3.05) is 39.2 Å². The SMILES string of the molecule is COCCN(CCO)C(=O)CSc1ccc(F)c(F)c1. The van der Waals surface area contributed by atoms with Gasteiger partial charge in [-0.3, -0.25) is 4.79 Å². The molecule has 0 saturated heterocycles. The van der Waals surface area contributed by atoms with Crippen molar-refractivity contribution in [3.63, 3.8) is 0 Å². The summed E-state index contributed by atoms with van der Waals surface area (Å²) < 4.78 is 30.7. The summed E-state index contributed by atoms with van der Waals surface area (Å²) in [6, 6.07) is 3.50. The molecule has 0 atom stereocenters. The Bertz CT molecular complexity index is 446.